The molecule has 26 heavy (non-hydrogen) atoms. The lowest BCUT2D eigenvalue weighted by Gasteiger charge is -2.26. The van der Waals surface area contributed by atoms with Gasteiger partial charge in [-0.15, -0.1) is 0 Å². The number of methoxy groups -OCH3 is 2. The summed E-state index contributed by atoms with van der Waals surface area (Å²) in [4.78, 5) is 5.84. The van der Waals surface area contributed by atoms with E-state index in [2.05, 4.69) is 52.5 Å². The molecule has 1 aliphatic heterocycles. The highest BCUT2D eigenvalue weighted by atomic mass is 16.5. The first-order valence-electron chi connectivity index (χ1n) is 8.96. The van der Waals surface area contributed by atoms with Crippen molar-refractivity contribution in [3.63, 3.8) is 0 Å². The highest BCUT2D eigenvalue weighted by Crippen LogP contribution is 2.31. The minimum Gasteiger partial charge on any atom is -0.497 e. The minimum atomic E-state index is 0.898. The molecule has 3 aromatic rings. The first kappa shape index (κ1) is 16.7. The second-order valence-electron chi connectivity index (χ2n) is 6.68. The lowest BCUT2D eigenvalue weighted by Crippen LogP contribution is -2.27. The van der Waals surface area contributed by atoms with E-state index >= 15 is 0 Å². The van der Waals surface area contributed by atoms with E-state index in [1.165, 1.54) is 22.1 Å². The number of aromatic amines is 1. The maximum absolute atomic E-state index is 5.38. The van der Waals surface area contributed by atoms with E-state index < -0.39 is 0 Å². The van der Waals surface area contributed by atoms with Crippen LogP contribution in [-0.2, 0) is 6.54 Å². The fourth-order valence-corrected chi connectivity index (χ4v) is 3.62. The lowest BCUT2D eigenvalue weighted by molar-refractivity contribution is 0.293. The van der Waals surface area contributed by atoms with E-state index in [9.17, 15) is 0 Å². The van der Waals surface area contributed by atoms with Gasteiger partial charge < -0.3 is 14.5 Å². The average molecular weight is 348 g/mol. The van der Waals surface area contributed by atoms with Crippen molar-refractivity contribution in [1.82, 2.24) is 9.88 Å². The van der Waals surface area contributed by atoms with Crippen molar-refractivity contribution in [3.8, 4) is 11.5 Å². The standard InChI is InChI=1S/C22H24N2O2/c1-25-18-5-3-4-16(12-18)15-24-10-8-17(9-11-24)21-14-23-22-7-6-19(26-2)13-20(21)22/h3-8,12-14,23H,9-11,15H2,1-2H3. The Balaban J connectivity index is 1.51. The summed E-state index contributed by atoms with van der Waals surface area (Å²) < 4.78 is 10.7. The van der Waals surface area contributed by atoms with Crippen LogP contribution in [0.5, 0.6) is 11.5 Å². The number of H-pyrrole nitrogens is 1. The second-order valence-corrected chi connectivity index (χ2v) is 6.68. The van der Waals surface area contributed by atoms with Crippen LogP contribution in [0.25, 0.3) is 16.5 Å². The normalized spacial score (nSPS) is 15.1. The molecule has 0 fully saturated rings. The zero-order chi connectivity index (χ0) is 17.9. The van der Waals surface area contributed by atoms with E-state index in [4.69, 9.17) is 9.47 Å². The summed E-state index contributed by atoms with van der Waals surface area (Å²) in [6, 6.07) is 14.5. The predicted molar refractivity (Wildman–Crippen MR) is 106 cm³/mol. The number of hydrogen-bond acceptors (Lipinski definition) is 3. The number of rotatable bonds is 5. The molecule has 4 rings (SSSR count). The number of benzene rings is 2. The Kier molecular flexibility index (Phi) is 4.67. The van der Waals surface area contributed by atoms with Crippen LogP contribution in [0, 0.1) is 0 Å². The molecule has 2 heterocycles. The van der Waals surface area contributed by atoms with Crippen LogP contribution in [0.15, 0.2) is 54.7 Å². The van der Waals surface area contributed by atoms with Gasteiger partial charge in [-0.25, -0.2) is 0 Å². The van der Waals surface area contributed by atoms with Crippen molar-refractivity contribution in [2.75, 3.05) is 27.3 Å². The SMILES string of the molecule is COc1cccc(CN2CC=C(c3c[nH]c4ccc(OC)cc34)CC2)c1. The molecule has 4 heteroatoms. The smallest absolute Gasteiger partial charge is 0.119 e. The van der Waals surface area contributed by atoms with Gasteiger partial charge in [0, 0.05) is 42.3 Å². The molecule has 2 aromatic carbocycles. The second kappa shape index (κ2) is 7.26. The zero-order valence-corrected chi connectivity index (χ0v) is 15.3. The third kappa shape index (κ3) is 3.33. The highest BCUT2D eigenvalue weighted by molar-refractivity contribution is 5.93. The van der Waals surface area contributed by atoms with Crippen LogP contribution < -0.4 is 9.47 Å². The average Bonchev–Trinajstić information content (AvgIpc) is 3.12. The van der Waals surface area contributed by atoms with Crippen molar-refractivity contribution < 1.29 is 9.47 Å². The molecule has 0 amide bonds. The maximum Gasteiger partial charge on any atom is 0.119 e. The van der Waals surface area contributed by atoms with Crippen LogP contribution in [0.3, 0.4) is 0 Å². The van der Waals surface area contributed by atoms with Gasteiger partial charge in [-0.05, 0) is 47.9 Å². The summed E-state index contributed by atoms with van der Waals surface area (Å²) in [5, 5.41) is 1.23. The van der Waals surface area contributed by atoms with Crippen LogP contribution >= 0.6 is 0 Å². The van der Waals surface area contributed by atoms with Crippen molar-refractivity contribution in [3.05, 3.63) is 65.9 Å². The Morgan fingerprint density at radius 1 is 1.04 bits per heavy atom. The van der Waals surface area contributed by atoms with Crippen LogP contribution in [-0.4, -0.2) is 37.2 Å². The summed E-state index contributed by atoms with van der Waals surface area (Å²) in [5.74, 6) is 1.82. The molecule has 1 aliphatic rings. The summed E-state index contributed by atoms with van der Waals surface area (Å²) in [7, 11) is 3.43. The molecule has 0 atom stereocenters. The zero-order valence-electron chi connectivity index (χ0n) is 15.3. The van der Waals surface area contributed by atoms with Crippen LogP contribution in [0.2, 0.25) is 0 Å². The summed E-state index contributed by atoms with van der Waals surface area (Å²) in [6.45, 7) is 2.96. The molecular formula is C22H24N2O2. The van der Waals surface area contributed by atoms with Gasteiger partial charge in [-0.2, -0.15) is 0 Å². The van der Waals surface area contributed by atoms with Crippen molar-refractivity contribution in [1.29, 1.82) is 0 Å². The van der Waals surface area contributed by atoms with E-state index in [0.29, 0.717) is 0 Å². The van der Waals surface area contributed by atoms with Gasteiger partial charge in [0.25, 0.3) is 0 Å². The van der Waals surface area contributed by atoms with E-state index in [-0.39, 0.29) is 0 Å². The molecule has 4 nitrogen and oxygen atoms in total. The Labute approximate surface area is 154 Å². The van der Waals surface area contributed by atoms with E-state index in [0.717, 1.165) is 43.1 Å². The fourth-order valence-electron chi connectivity index (χ4n) is 3.62. The van der Waals surface area contributed by atoms with E-state index in [1.54, 1.807) is 14.2 Å². The van der Waals surface area contributed by atoms with Gasteiger partial charge in [-0.3, -0.25) is 4.90 Å². The van der Waals surface area contributed by atoms with Gasteiger partial charge >= 0.3 is 0 Å². The Morgan fingerprint density at radius 2 is 1.88 bits per heavy atom. The number of fused-ring (bicyclic) bond motifs is 1. The molecule has 134 valence electrons. The predicted octanol–water partition coefficient (Wildman–Crippen LogP) is 4.47. The van der Waals surface area contributed by atoms with Crippen molar-refractivity contribution >= 4 is 16.5 Å². The van der Waals surface area contributed by atoms with Gasteiger partial charge in [0.15, 0.2) is 0 Å². The quantitative estimate of drug-likeness (QED) is 0.739. The maximum atomic E-state index is 5.38. The fraction of sp³-hybridized carbons (Fsp3) is 0.273. The third-order valence-electron chi connectivity index (χ3n) is 5.07. The molecular weight excluding hydrogens is 324 g/mol. The number of ether oxygens (including phenoxy) is 2. The van der Waals surface area contributed by atoms with Gasteiger partial charge in [-0.1, -0.05) is 18.2 Å². The topological polar surface area (TPSA) is 37.5 Å². The lowest BCUT2D eigenvalue weighted by atomic mass is 9.98. The molecule has 0 spiro atoms. The Hall–Kier alpha value is -2.72. The molecule has 1 N–H and O–H groups in total. The minimum absolute atomic E-state index is 0.898. The van der Waals surface area contributed by atoms with Crippen molar-refractivity contribution in [2.45, 2.75) is 13.0 Å². The van der Waals surface area contributed by atoms with Gasteiger partial charge in [0.1, 0.15) is 11.5 Å². The van der Waals surface area contributed by atoms with Gasteiger partial charge in [0.05, 0.1) is 14.2 Å². The van der Waals surface area contributed by atoms with E-state index in [1.807, 2.05) is 12.1 Å². The molecule has 0 aliphatic carbocycles. The Morgan fingerprint density at radius 3 is 2.65 bits per heavy atom. The monoisotopic (exact) mass is 348 g/mol. The van der Waals surface area contributed by atoms with Crippen molar-refractivity contribution in [2.24, 2.45) is 0 Å². The molecule has 0 radical (unpaired) electrons. The molecule has 0 saturated heterocycles. The molecule has 0 saturated carbocycles. The summed E-state index contributed by atoms with van der Waals surface area (Å²) in [5.41, 5.74) is 5.14. The van der Waals surface area contributed by atoms with Crippen LogP contribution in [0.1, 0.15) is 17.5 Å². The highest BCUT2D eigenvalue weighted by Gasteiger charge is 2.16. The number of nitrogens with zero attached hydrogens (tertiary/aromatic N) is 1. The number of aromatic nitrogens is 1. The number of nitrogens with one attached hydrogen (secondary N) is 1. The number of hydrogen-bond donors (Lipinski definition) is 1. The summed E-state index contributed by atoms with van der Waals surface area (Å²) in [6.07, 6.45) is 5.52. The first-order valence-corrected chi connectivity index (χ1v) is 8.96. The first-order chi connectivity index (χ1) is 12.8. The third-order valence-corrected chi connectivity index (χ3v) is 5.07. The molecule has 1 aromatic heterocycles. The molecule has 0 unspecified atom stereocenters. The molecule has 0 bridgehead atoms. The Bertz CT molecular complexity index is 942. The summed E-state index contributed by atoms with van der Waals surface area (Å²) >= 11 is 0. The van der Waals surface area contributed by atoms with Crippen LogP contribution in [0.4, 0.5) is 0 Å². The van der Waals surface area contributed by atoms with Gasteiger partial charge in [0.2, 0.25) is 0 Å². The largest absolute Gasteiger partial charge is 0.497 e.